The Labute approximate surface area is 152 Å². The van der Waals surface area contributed by atoms with E-state index in [0.29, 0.717) is 19.6 Å². The molecule has 6 nitrogen and oxygen atoms in total. The molecule has 0 spiro atoms. The largest absolute Gasteiger partial charge is 0.478 e. The van der Waals surface area contributed by atoms with Crippen LogP contribution in [0.4, 0.5) is 4.39 Å². The molecule has 1 aromatic rings. The van der Waals surface area contributed by atoms with Crippen LogP contribution in [0.3, 0.4) is 0 Å². The third kappa shape index (κ3) is 5.42. The molecule has 1 amide bonds. The van der Waals surface area contributed by atoms with Crippen LogP contribution in [-0.4, -0.2) is 42.8 Å². The summed E-state index contributed by atoms with van der Waals surface area (Å²) in [5, 5.41) is 12.1. The Morgan fingerprint density at radius 3 is 2.50 bits per heavy atom. The molecule has 0 heterocycles. The summed E-state index contributed by atoms with van der Waals surface area (Å²) in [4.78, 5) is 24.1. The van der Waals surface area contributed by atoms with Gasteiger partial charge in [-0.25, -0.2) is 9.18 Å². The molecule has 1 atom stereocenters. The highest BCUT2D eigenvalue weighted by Gasteiger charge is 2.41. The fraction of sp³-hybridized carbons (Fsp3) is 0.579. The smallest absolute Gasteiger partial charge is 0.346 e. The molecule has 1 fully saturated rings. The summed E-state index contributed by atoms with van der Waals surface area (Å²) in [6.45, 7) is 2.87. The SMILES string of the molecule is CCOCCC1(C(=O)NCC(Oc2ccc(F)cc2)C(=O)O)CCCC1. The van der Waals surface area contributed by atoms with Crippen molar-refractivity contribution in [3.05, 3.63) is 30.1 Å². The molecular formula is C19H26FNO5. The molecule has 1 aliphatic carbocycles. The second kappa shape index (κ2) is 9.52. The van der Waals surface area contributed by atoms with Crippen LogP contribution in [0.1, 0.15) is 39.0 Å². The molecular weight excluding hydrogens is 341 g/mol. The molecule has 2 rings (SSSR count). The number of ether oxygens (including phenoxy) is 2. The monoisotopic (exact) mass is 367 g/mol. The van der Waals surface area contributed by atoms with Crippen LogP contribution in [0, 0.1) is 11.2 Å². The fourth-order valence-corrected chi connectivity index (χ4v) is 3.28. The van der Waals surface area contributed by atoms with E-state index in [-0.39, 0.29) is 18.2 Å². The third-order valence-corrected chi connectivity index (χ3v) is 4.79. The number of benzene rings is 1. The van der Waals surface area contributed by atoms with Gasteiger partial charge in [-0.3, -0.25) is 4.79 Å². The zero-order chi connectivity index (χ0) is 19.0. The molecule has 2 N–H and O–H groups in total. The van der Waals surface area contributed by atoms with E-state index in [9.17, 15) is 19.1 Å². The van der Waals surface area contributed by atoms with Gasteiger partial charge in [0.25, 0.3) is 0 Å². The minimum atomic E-state index is -1.24. The average molecular weight is 367 g/mol. The fourth-order valence-electron chi connectivity index (χ4n) is 3.28. The minimum absolute atomic E-state index is 0.149. The molecule has 0 saturated heterocycles. The number of carbonyl (C=O) groups is 2. The zero-order valence-electron chi connectivity index (χ0n) is 15.0. The van der Waals surface area contributed by atoms with Crippen LogP contribution in [0.5, 0.6) is 5.75 Å². The molecule has 1 unspecified atom stereocenters. The summed E-state index contributed by atoms with van der Waals surface area (Å²) in [5.41, 5.74) is -0.492. The van der Waals surface area contributed by atoms with Gasteiger partial charge in [0, 0.05) is 13.2 Å². The van der Waals surface area contributed by atoms with Crippen LogP contribution in [0.2, 0.25) is 0 Å². The van der Waals surface area contributed by atoms with Gasteiger partial charge in [-0.05, 0) is 50.5 Å². The zero-order valence-corrected chi connectivity index (χ0v) is 15.0. The van der Waals surface area contributed by atoms with E-state index < -0.39 is 23.3 Å². The third-order valence-electron chi connectivity index (χ3n) is 4.79. The molecule has 0 aliphatic heterocycles. The van der Waals surface area contributed by atoms with Crippen molar-refractivity contribution in [2.75, 3.05) is 19.8 Å². The topological polar surface area (TPSA) is 84.9 Å². The summed E-state index contributed by atoms with van der Waals surface area (Å²) in [6.07, 6.45) is 2.91. The number of halogens is 1. The van der Waals surface area contributed by atoms with E-state index in [2.05, 4.69) is 5.32 Å². The summed E-state index contributed by atoms with van der Waals surface area (Å²) >= 11 is 0. The van der Waals surface area contributed by atoms with Crippen molar-refractivity contribution in [1.82, 2.24) is 5.32 Å². The maximum Gasteiger partial charge on any atom is 0.346 e. The number of carboxylic acids is 1. The van der Waals surface area contributed by atoms with Gasteiger partial charge < -0.3 is 19.9 Å². The molecule has 7 heteroatoms. The first-order chi connectivity index (χ1) is 12.5. The predicted octanol–water partition coefficient (Wildman–Crippen LogP) is 2.76. The van der Waals surface area contributed by atoms with E-state index in [1.165, 1.54) is 24.3 Å². The molecule has 26 heavy (non-hydrogen) atoms. The first-order valence-electron chi connectivity index (χ1n) is 8.98. The van der Waals surface area contributed by atoms with E-state index in [4.69, 9.17) is 9.47 Å². The van der Waals surface area contributed by atoms with Crippen molar-refractivity contribution >= 4 is 11.9 Å². The van der Waals surface area contributed by atoms with Crippen molar-refractivity contribution in [3.8, 4) is 5.75 Å². The summed E-state index contributed by atoms with van der Waals surface area (Å²) in [5.74, 6) is -1.54. The predicted molar refractivity (Wildman–Crippen MR) is 93.5 cm³/mol. The quantitative estimate of drug-likeness (QED) is 0.621. The molecule has 0 bridgehead atoms. The first-order valence-corrected chi connectivity index (χ1v) is 8.98. The van der Waals surface area contributed by atoms with Crippen molar-refractivity contribution in [2.45, 2.75) is 45.1 Å². The lowest BCUT2D eigenvalue weighted by atomic mass is 9.82. The Morgan fingerprint density at radius 2 is 1.92 bits per heavy atom. The second-order valence-corrected chi connectivity index (χ2v) is 6.54. The van der Waals surface area contributed by atoms with Gasteiger partial charge in [-0.1, -0.05) is 12.8 Å². The number of rotatable bonds is 10. The maximum atomic E-state index is 12.9. The van der Waals surface area contributed by atoms with Crippen molar-refractivity contribution in [2.24, 2.45) is 5.41 Å². The van der Waals surface area contributed by atoms with E-state index in [0.717, 1.165) is 25.7 Å². The second-order valence-electron chi connectivity index (χ2n) is 6.54. The first kappa shape index (κ1) is 20.2. The van der Waals surface area contributed by atoms with Crippen molar-refractivity contribution in [3.63, 3.8) is 0 Å². The highest BCUT2D eigenvalue weighted by atomic mass is 19.1. The lowest BCUT2D eigenvalue weighted by Crippen LogP contribution is -2.46. The Balaban J connectivity index is 1.94. The molecule has 0 radical (unpaired) electrons. The Morgan fingerprint density at radius 1 is 1.27 bits per heavy atom. The summed E-state index contributed by atoms with van der Waals surface area (Å²) in [7, 11) is 0. The van der Waals surface area contributed by atoms with E-state index in [1.807, 2.05) is 6.92 Å². The van der Waals surface area contributed by atoms with E-state index >= 15 is 0 Å². The lowest BCUT2D eigenvalue weighted by molar-refractivity contribution is -0.145. The molecule has 1 aliphatic rings. The average Bonchev–Trinajstić information content (AvgIpc) is 3.10. The lowest BCUT2D eigenvalue weighted by Gasteiger charge is -2.28. The van der Waals surface area contributed by atoms with Gasteiger partial charge in [0.2, 0.25) is 12.0 Å². The summed E-state index contributed by atoms with van der Waals surface area (Å²) in [6, 6.07) is 5.09. The van der Waals surface area contributed by atoms with Gasteiger partial charge in [0.05, 0.1) is 12.0 Å². The van der Waals surface area contributed by atoms with Crippen LogP contribution in [0.25, 0.3) is 0 Å². The Kier molecular flexibility index (Phi) is 7.38. The number of carboxylic acid groups (broad SMARTS) is 1. The molecule has 1 aromatic carbocycles. The number of hydrogen-bond acceptors (Lipinski definition) is 4. The standard InChI is InChI=1S/C19H26FNO5/c1-2-25-12-11-19(9-3-4-10-19)18(24)21-13-16(17(22)23)26-15-7-5-14(20)6-8-15/h5-8,16H,2-4,9-13H2,1H3,(H,21,24)(H,22,23). The van der Waals surface area contributed by atoms with Crippen molar-refractivity contribution < 1.29 is 28.6 Å². The van der Waals surface area contributed by atoms with Gasteiger partial charge in [0.15, 0.2) is 0 Å². The normalized spacial score (nSPS) is 16.8. The highest BCUT2D eigenvalue weighted by molar-refractivity contribution is 5.83. The minimum Gasteiger partial charge on any atom is -0.478 e. The number of aliphatic carboxylic acids is 1. The van der Waals surface area contributed by atoms with Gasteiger partial charge in [0.1, 0.15) is 11.6 Å². The van der Waals surface area contributed by atoms with Crippen LogP contribution in [-0.2, 0) is 14.3 Å². The molecule has 0 aromatic heterocycles. The number of hydrogen-bond donors (Lipinski definition) is 2. The van der Waals surface area contributed by atoms with Crippen molar-refractivity contribution in [1.29, 1.82) is 0 Å². The van der Waals surface area contributed by atoms with Crippen LogP contribution >= 0.6 is 0 Å². The number of carbonyl (C=O) groups excluding carboxylic acids is 1. The number of amides is 1. The molecule has 144 valence electrons. The van der Waals surface area contributed by atoms with Crippen LogP contribution < -0.4 is 10.1 Å². The highest BCUT2D eigenvalue weighted by Crippen LogP contribution is 2.41. The maximum absolute atomic E-state index is 12.9. The van der Waals surface area contributed by atoms with Crippen LogP contribution in [0.15, 0.2) is 24.3 Å². The number of nitrogens with one attached hydrogen (secondary N) is 1. The Bertz CT molecular complexity index is 598. The Hall–Kier alpha value is -2.15. The summed E-state index contributed by atoms with van der Waals surface area (Å²) < 4.78 is 23.7. The van der Waals surface area contributed by atoms with Gasteiger partial charge >= 0.3 is 5.97 Å². The molecule has 1 saturated carbocycles. The van der Waals surface area contributed by atoms with Gasteiger partial charge in [-0.2, -0.15) is 0 Å². The van der Waals surface area contributed by atoms with E-state index in [1.54, 1.807) is 0 Å². The van der Waals surface area contributed by atoms with Gasteiger partial charge in [-0.15, -0.1) is 0 Å².